The molecule has 2 rings (SSSR count). The third kappa shape index (κ3) is 3.95. The number of nitrogens with one attached hydrogen (secondary N) is 1. The van der Waals surface area contributed by atoms with E-state index in [9.17, 15) is 9.59 Å². The Kier molecular flexibility index (Phi) is 4.50. The Morgan fingerprint density at radius 2 is 1.65 bits per heavy atom. The molecule has 0 aliphatic rings. The molecule has 0 spiro atoms. The number of ether oxygens (including phenoxy) is 1. The van der Waals surface area contributed by atoms with Crippen LogP contribution in [0.2, 0.25) is 0 Å². The van der Waals surface area contributed by atoms with Crippen LogP contribution in [0.1, 0.15) is 15.9 Å². The molecule has 4 nitrogen and oxygen atoms in total. The average Bonchev–Trinajstić information content (AvgIpc) is 2.48. The van der Waals surface area contributed by atoms with Crippen molar-refractivity contribution >= 4 is 17.6 Å². The molecule has 4 heteroatoms. The molecule has 0 saturated carbocycles. The van der Waals surface area contributed by atoms with Crippen LogP contribution in [0, 0.1) is 6.92 Å². The second-order valence-corrected chi connectivity index (χ2v) is 4.36. The fourth-order valence-corrected chi connectivity index (χ4v) is 1.62. The molecule has 0 saturated heterocycles. The quantitative estimate of drug-likeness (QED) is 0.868. The maximum atomic E-state index is 11.6. The second-order valence-electron chi connectivity index (χ2n) is 4.36. The summed E-state index contributed by atoms with van der Waals surface area (Å²) in [6.07, 6.45) is 0. The van der Waals surface area contributed by atoms with Gasteiger partial charge in [-0.1, -0.05) is 35.9 Å². The molecular formula is C16H15NO3. The molecule has 2 aromatic rings. The Hall–Kier alpha value is -2.62. The van der Waals surface area contributed by atoms with Crippen molar-refractivity contribution in [2.75, 3.05) is 11.9 Å². The van der Waals surface area contributed by atoms with Crippen LogP contribution >= 0.6 is 0 Å². The van der Waals surface area contributed by atoms with Crippen LogP contribution in [0.3, 0.4) is 0 Å². The normalized spacial score (nSPS) is 9.85. The van der Waals surface area contributed by atoms with Gasteiger partial charge in [0, 0.05) is 5.69 Å². The lowest BCUT2D eigenvalue weighted by molar-refractivity contribution is -0.119. The van der Waals surface area contributed by atoms with E-state index in [1.54, 1.807) is 42.5 Å². The van der Waals surface area contributed by atoms with Crippen LogP contribution in [0.4, 0.5) is 5.69 Å². The number of carbonyl (C=O) groups is 2. The van der Waals surface area contributed by atoms with E-state index < -0.39 is 5.97 Å². The highest BCUT2D eigenvalue weighted by molar-refractivity contribution is 5.95. The molecule has 0 aromatic heterocycles. The topological polar surface area (TPSA) is 55.4 Å². The summed E-state index contributed by atoms with van der Waals surface area (Å²) in [4.78, 5) is 23.3. The molecule has 102 valence electrons. The lowest BCUT2D eigenvalue weighted by Gasteiger charge is -2.06. The highest BCUT2D eigenvalue weighted by Crippen LogP contribution is 2.08. The van der Waals surface area contributed by atoms with E-state index in [1.165, 1.54) is 0 Å². The van der Waals surface area contributed by atoms with Gasteiger partial charge < -0.3 is 10.1 Å². The van der Waals surface area contributed by atoms with Gasteiger partial charge in [-0.2, -0.15) is 0 Å². The van der Waals surface area contributed by atoms with Gasteiger partial charge in [-0.25, -0.2) is 4.79 Å². The van der Waals surface area contributed by atoms with Crippen LogP contribution in [-0.2, 0) is 9.53 Å². The predicted octanol–water partition coefficient (Wildman–Crippen LogP) is 2.79. The van der Waals surface area contributed by atoms with E-state index in [4.69, 9.17) is 4.74 Å². The molecule has 20 heavy (non-hydrogen) atoms. The number of hydrogen-bond acceptors (Lipinski definition) is 3. The fraction of sp³-hybridized carbons (Fsp3) is 0.125. The number of hydrogen-bond donors (Lipinski definition) is 1. The van der Waals surface area contributed by atoms with Crippen molar-refractivity contribution in [1.29, 1.82) is 0 Å². The van der Waals surface area contributed by atoms with E-state index in [2.05, 4.69) is 5.32 Å². The van der Waals surface area contributed by atoms with Gasteiger partial charge in [-0.05, 0) is 31.2 Å². The number of aryl methyl sites for hydroxylation is 1. The third-order valence-corrected chi connectivity index (χ3v) is 2.68. The highest BCUT2D eigenvalue weighted by Gasteiger charge is 2.09. The van der Waals surface area contributed by atoms with Crippen molar-refractivity contribution in [3.63, 3.8) is 0 Å². The van der Waals surface area contributed by atoms with Crippen molar-refractivity contribution in [3.8, 4) is 0 Å². The number of anilines is 1. The van der Waals surface area contributed by atoms with Gasteiger partial charge >= 0.3 is 5.97 Å². The van der Waals surface area contributed by atoms with Crippen molar-refractivity contribution < 1.29 is 14.3 Å². The molecular weight excluding hydrogens is 254 g/mol. The first-order valence-corrected chi connectivity index (χ1v) is 6.24. The first-order chi connectivity index (χ1) is 9.65. The van der Waals surface area contributed by atoms with Crippen LogP contribution in [-0.4, -0.2) is 18.5 Å². The Morgan fingerprint density at radius 3 is 2.30 bits per heavy atom. The maximum Gasteiger partial charge on any atom is 0.338 e. The zero-order valence-corrected chi connectivity index (χ0v) is 11.1. The van der Waals surface area contributed by atoms with Crippen LogP contribution in [0.25, 0.3) is 0 Å². The summed E-state index contributed by atoms with van der Waals surface area (Å²) in [6, 6.07) is 15.9. The van der Waals surface area contributed by atoms with Gasteiger partial charge in [0.15, 0.2) is 6.61 Å². The van der Waals surface area contributed by atoms with Crippen molar-refractivity contribution in [2.24, 2.45) is 0 Å². The highest BCUT2D eigenvalue weighted by atomic mass is 16.5. The first-order valence-electron chi connectivity index (χ1n) is 6.24. The third-order valence-electron chi connectivity index (χ3n) is 2.68. The monoisotopic (exact) mass is 269 g/mol. The van der Waals surface area contributed by atoms with Crippen LogP contribution in [0.15, 0.2) is 54.6 Å². The maximum absolute atomic E-state index is 11.6. The molecule has 0 radical (unpaired) electrons. The Morgan fingerprint density at radius 1 is 1.00 bits per heavy atom. The summed E-state index contributed by atoms with van der Waals surface area (Å²) < 4.78 is 4.93. The molecule has 0 unspecified atom stereocenters. The molecule has 0 aliphatic carbocycles. The largest absolute Gasteiger partial charge is 0.452 e. The minimum absolute atomic E-state index is 0.304. The van der Waals surface area contributed by atoms with E-state index >= 15 is 0 Å². The van der Waals surface area contributed by atoms with E-state index in [-0.39, 0.29) is 12.5 Å². The summed E-state index contributed by atoms with van der Waals surface area (Å²) in [6.45, 7) is 1.66. The summed E-state index contributed by atoms with van der Waals surface area (Å²) in [5, 5.41) is 2.66. The van der Waals surface area contributed by atoms with Gasteiger partial charge in [0.25, 0.3) is 5.91 Å². The van der Waals surface area contributed by atoms with Crippen molar-refractivity contribution in [3.05, 3.63) is 65.7 Å². The molecule has 0 aliphatic heterocycles. The Bertz CT molecular complexity index is 591. The molecule has 2 aromatic carbocycles. The van der Waals surface area contributed by atoms with Gasteiger partial charge in [0.2, 0.25) is 0 Å². The Balaban J connectivity index is 1.83. The number of amides is 1. The minimum atomic E-state index is -0.510. The number of rotatable bonds is 4. The summed E-state index contributed by atoms with van der Waals surface area (Å²) in [5.74, 6) is -0.872. The van der Waals surface area contributed by atoms with E-state index in [0.717, 1.165) is 5.56 Å². The van der Waals surface area contributed by atoms with Gasteiger partial charge in [-0.3, -0.25) is 4.79 Å². The zero-order valence-electron chi connectivity index (χ0n) is 11.1. The molecule has 0 fully saturated rings. The zero-order chi connectivity index (χ0) is 14.4. The van der Waals surface area contributed by atoms with Crippen molar-refractivity contribution in [1.82, 2.24) is 0 Å². The van der Waals surface area contributed by atoms with Crippen molar-refractivity contribution in [2.45, 2.75) is 6.92 Å². The average molecular weight is 269 g/mol. The molecule has 0 heterocycles. The second kappa shape index (κ2) is 6.52. The van der Waals surface area contributed by atoms with E-state index in [0.29, 0.717) is 11.3 Å². The minimum Gasteiger partial charge on any atom is -0.452 e. The molecule has 0 atom stereocenters. The molecule has 1 amide bonds. The summed E-state index contributed by atoms with van der Waals surface area (Å²) in [7, 11) is 0. The summed E-state index contributed by atoms with van der Waals surface area (Å²) in [5.41, 5.74) is 2.21. The van der Waals surface area contributed by atoms with Crippen LogP contribution in [0.5, 0.6) is 0 Å². The number of carbonyl (C=O) groups excluding carboxylic acids is 2. The smallest absolute Gasteiger partial charge is 0.338 e. The molecule has 1 N–H and O–H groups in total. The number of esters is 1. The first kappa shape index (κ1) is 13.8. The van der Waals surface area contributed by atoms with Gasteiger partial charge in [0.1, 0.15) is 0 Å². The lowest BCUT2D eigenvalue weighted by atomic mass is 10.2. The fourth-order valence-electron chi connectivity index (χ4n) is 1.62. The Labute approximate surface area is 117 Å². The van der Waals surface area contributed by atoms with E-state index in [1.807, 2.05) is 19.1 Å². The molecule has 0 bridgehead atoms. The standard InChI is InChI=1S/C16H15NO3/c1-12-7-9-14(10-8-12)17-15(18)11-20-16(19)13-5-3-2-4-6-13/h2-10H,11H2,1H3,(H,17,18). The summed E-state index contributed by atoms with van der Waals surface area (Å²) >= 11 is 0. The lowest BCUT2D eigenvalue weighted by Crippen LogP contribution is -2.20. The van der Waals surface area contributed by atoms with Gasteiger partial charge in [-0.15, -0.1) is 0 Å². The number of benzene rings is 2. The van der Waals surface area contributed by atoms with Crippen LogP contribution < -0.4 is 5.32 Å². The van der Waals surface area contributed by atoms with Gasteiger partial charge in [0.05, 0.1) is 5.56 Å². The predicted molar refractivity (Wildman–Crippen MR) is 76.5 cm³/mol. The SMILES string of the molecule is Cc1ccc(NC(=O)COC(=O)c2ccccc2)cc1.